The van der Waals surface area contributed by atoms with Gasteiger partial charge < -0.3 is 15.0 Å². The number of carbonyl (C=O) groups is 1. The predicted octanol–water partition coefficient (Wildman–Crippen LogP) is 4.40. The minimum absolute atomic E-state index is 0.0189. The zero-order valence-corrected chi connectivity index (χ0v) is 16.2. The van der Waals surface area contributed by atoms with Crippen molar-refractivity contribution in [1.29, 1.82) is 5.26 Å². The maximum atomic E-state index is 12.5. The smallest absolute Gasteiger partial charge is 0.266 e. The van der Waals surface area contributed by atoms with Gasteiger partial charge in [0.1, 0.15) is 17.4 Å². The van der Waals surface area contributed by atoms with Crippen LogP contribution >= 0.6 is 0 Å². The van der Waals surface area contributed by atoms with Crippen LogP contribution in [-0.2, 0) is 4.79 Å². The van der Waals surface area contributed by atoms with Crippen molar-refractivity contribution in [3.05, 3.63) is 59.2 Å². The first-order valence-electron chi connectivity index (χ1n) is 8.95. The lowest BCUT2D eigenvalue weighted by atomic mass is 10.1. The summed E-state index contributed by atoms with van der Waals surface area (Å²) in [6.45, 7) is 7.90. The van der Waals surface area contributed by atoms with Crippen LogP contribution in [0.25, 0.3) is 6.08 Å². The third kappa shape index (κ3) is 5.11. The van der Waals surface area contributed by atoms with E-state index in [2.05, 4.69) is 24.1 Å². The third-order valence-corrected chi connectivity index (χ3v) is 4.29. The normalized spacial score (nSPS) is 10.9. The fourth-order valence-corrected chi connectivity index (χ4v) is 2.83. The van der Waals surface area contributed by atoms with Gasteiger partial charge in [-0.2, -0.15) is 5.26 Å². The highest BCUT2D eigenvalue weighted by atomic mass is 16.5. The van der Waals surface area contributed by atoms with Crippen LogP contribution in [0.2, 0.25) is 0 Å². The van der Waals surface area contributed by atoms with E-state index < -0.39 is 5.91 Å². The molecule has 5 nitrogen and oxygen atoms in total. The SMILES string of the molecule is CCN(CC)c1ccc(/C=C(\C#N)C(=O)Nc2cccc(C)c2)c(OC)c1. The molecule has 0 saturated carbocycles. The number of hydrogen-bond donors (Lipinski definition) is 1. The molecular formula is C22H25N3O2. The van der Waals surface area contributed by atoms with Gasteiger partial charge in [0.2, 0.25) is 0 Å². The number of hydrogen-bond acceptors (Lipinski definition) is 4. The van der Waals surface area contributed by atoms with E-state index in [1.807, 2.05) is 49.4 Å². The summed E-state index contributed by atoms with van der Waals surface area (Å²) in [5.41, 5.74) is 3.43. The summed E-state index contributed by atoms with van der Waals surface area (Å²) in [7, 11) is 1.58. The average molecular weight is 363 g/mol. The molecule has 1 amide bonds. The van der Waals surface area contributed by atoms with Crippen LogP contribution < -0.4 is 15.0 Å². The van der Waals surface area contributed by atoms with E-state index in [0.29, 0.717) is 17.0 Å². The summed E-state index contributed by atoms with van der Waals surface area (Å²) in [4.78, 5) is 14.7. The summed E-state index contributed by atoms with van der Waals surface area (Å²) >= 11 is 0. The number of nitriles is 1. The van der Waals surface area contributed by atoms with Crippen LogP contribution in [0.1, 0.15) is 25.0 Å². The van der Waals surface area contributed by atoms with Gasteiger partial charge in [0.05, 0.1) is 7.11 Å². The van der Waals surface area contributed by atoms with Crippen LogP contribution in [0, 0.1) is 18.3 Å². The number of carbonyl (C=O) groups excluding carboxylic acids is 1. The van der Waals surface area contributed by atoms with E-state index >= 15 is 0 Å². The van der Waals surface area contributed by atoms with E-state index in [0.717, 1.165) is 24.3 Å². The van der Waals surface area contributed by atoms with Gasteiger partial charge in [-0.15, -0.1) is 0 Å². The van der Waals surface area contributed by atoms with Crippen molar-refractivity contribution in [2.24, 2.45) is 0 Å². The summed E-state index contributed by atoms with van der Waals surface area (Å²) in [5.74, 6) is 0.175. The molecule has 0 unspecified atom stereocenters. The molecule has 0 aliphatic rings. The molecule has 27 heavy (non-hydrogen) atoms. The molecule has 140 valence electrons. The molecule has 5 heteroatoms. The van der Waals surface area contributed by atoms with Crippen LogP contribution in [0.15, 0.2) is 48.0 Å². The maximum Gasteiger partial charge on any atom is 0.266 e. The molecule has 0 atom stereocenters. The lowest BCUT2D eigenvalue weighted by Gasteiger charge is -2.22. The van der Waals surface area contributed by atoms with Crippen molar-refractivity contribution in [2.45, 2.75) is 20.8 Å². The number of benzene rings is 2. The standard InChI is InChI=1S/C22H25N3O2/c1-5-25(6-2)20-11-10-17(21(14-20)27-4)13-18(15-23)22(26)24-19-9-7-8-16(3)12-19/h7-14H,5-6H2,1-4H3,(H,24,26)/b18-13+. The number of nitrogens with one attached hydrogen (secondary N) is 1. The summed E-state index contributed by atoms with van der Waals surface area (Å²) in [5, 5.41) is 12.2. The zero-order chi connectivity index (χ0) is 19.8. The molecule has 0 bridgehead atoms. The number of aryl methyl sites for hydroxylation is 1. The molecule has 1 N–H and O–H groups in total. The van der Waals surface area contributed by atoms with Crippen LogP contribution in [-0.4, -0.2) is 26.1 Å². The van der Waals surface area contributed by atoms with Gasteiger partial charge >= 0.3 is 0 Å². The van der Waals surface area contributed by atoms with Gasteiger partial charge in [-0.3, -0.25) is 4.79 Å². The Kier molecular flexibility index (Phi) is 7.01. The summed E-state index contributed by atoms with van der Waals surface area (Å²) in [6.07, 6.45) is 1.55. The topological polar surface area (TPSA) is 65.4 Å². The Balaban J connectivity index is 2.31. The van der Waals surface area contributed by atoms with Gasteiger partial charge in [0, 0.05) is 36.1 Å². The molecular weight excluding hydrogens is 338 g/mol. The molecule has 2 rings (SSSR count). The van der Waals surface area contributed by atoms with Crippen LogP contribution in [0.3, 0.4) is 0 Å². The van der Waals surface area contributed by atoms with Crippen LogP contribution in [0.4, 0.5) is 11.4 Å². The van der Waals surface area contributed by atoms with E-state index in [1.54, 1.807) is 19.3 Å². The molecule has 0 aromatic heterocycles. The van der Waals surface area contributed by atoms with Crippen molar-refractivity contribution >= 4 is 23.4 Å². The van der Waals surface area contributed by atoms with Gasteiger partial charge in [0.25, 0.3) is 5.91 Å². The molecule has 2 aromatic rings. The minimum atomic E-state index is -0.446. The molecule has 0 aliphatic carbocycles. The Labute approximate surface area is 160 Å². The highest BCUT2D eigenvalue weighted by Gasteiger charge is 2.13. The molecule has 0 aliphatic heterocycles. The Morgan fingerprint density at radius 3 is 2.56 bits per heavy atom. The Morgan fingerprint density at radius 2 is 1.96 bits per heavy atom. The minimum Gasteiger partial charge on any atom is -0.496 e. The van der Waals surface area contributed by atoms with Crippen molar-refractivity contribution in [3.8, 4) is 11.8 Å². The molecule has 2 aromatic carbocycles. The fraction of sp³-hybridized carbons (Fsp3) is 0.273. The molecule has 0 fully saturated rings. The van der Waals surface area contributed by atoms with Gasteiger partial charge in [-0.05, 0) is 56.7 Å². The first-order valence-corrected chi connectivity index (χ1v) is 8.95. The van der Waals surface area contributed by atoms with Crippen molar-refractivity contribution in [3.63, 3.8) is 0 Å². The van der Waals surface area contributed by atoms with E-state index in [4.69, 9.17) is 4.74 Å². The number of rotatable bonds is 7. The van der Waals surface area contributed by atoms with E-state index in [9.17, 15) is 10.1 Å². The number of anilines is 2. The van der Waals surface area contributed by atoms with Crippen molar-refractivity contribution in [2.75, 3.05) is 30.4 Å². The second-order valence-electron chi connectivity index (χ2n) is 6.09. The van der Waals surface area contributed by atoms with Crippen molar-refractivity contribution in [1.82, 2.24) is 0 Å². The molecule has 0 spiro atoms. The van der Waals surface area contributed by atoms with Gasteiger partial charge in [0.15, 0.2) is 0 Å². The second kappa shape index (κ2) is 9.44. The lowest BCUT2D eigenvalue weighted by molar-refractivity contribution is -0.112. The first kappa shape index (κ1) is 20.1. The Bertz CT molecular complexity index is 877. The molecule has 0 radical (unpaired) electrons. The van der Waals surface area contributed by atoms with E-state index in [1.165, 1.54) is 0 Å². The fourth-order valence-electron chi connectivity index (χ4n) is 2.83. The molecule has 0 saturated heterocycles. The lowest BCUT2D eigenvalue weighted by Crippen LogP contribution is -2.21. The Hall–Kier alpha value is -3.26. The van der Waals surface area contributed by atoms with Gasteiger partial charge in [-0.25, -0.2) is 0 Å². The number of amides is 1. The third-order valence-electron chi connectivity index (χ3n) is 4.29. The number of ether oxygens (including phenoxy) is 1. The van der Waals surface area contributed by atoms with Crippen LogP contribution in [0.5, 0.6) is 5.75 Å². The second-order valence-corrected chi connectivity index (χ2v) is 6.09. The predicted molar refractivity (Wildman–Crippen MR) is 110 cm³/mol. The number of methoxy groups -OCH3 is 1. The quantitative estimate of drug-likeness (QED) is 0.585. The van der Waals surface area contributed by atoms with Crippen molar-refractivity contribution < 1.29 is 9.53 Å². The number of nitrogens with zero attached hydrogens (tertiary/aromatic N) is 2. The first-order chi connectivity index (χ1) is 13.0. The zero-order valence-electron chi connectivity index (χ0n) is 16.2. The summed E-state index contributed by atoms with van der Waals surface area (Å²) < 4.78 is 5.47. The van der Waals surface area contributed by atoms with Gasteiger partial charge in [-0.1, -0.05) is 12.1 Å². The highest BCUT2D eigenvalue weighted by molar-refractivity contribution is 6.09. The Morgan fingerprint density at radius 1 is 1.22 bits per heavy atom. The maximum absolute atomic E-state index is 12.5. The highest BCUT2D eigenvalue weighted by Crippen LogP contribution is 2.27. The monoisotopic (exact) mass is 363 g/mol. The summed E-state index contributed by atoms with van der Waals surface area (Å²) in [6, 6.07) is 15.2. The molecule has 0 heterocycles. The largest absolute Gasteiger partial charge is 0.496 e. The average Bonchev–Trinajstić information content (AvgIpc) is 2.67. The van der Waals surface area contributed by atoms with E-state index in [-0.39, 0.29) is 5.57 Å².